The van der Waals surface area contributed by atoms with Crippen molar-refractivity contribution in [3.63, 3.8) is 0 Å². The first-order valence-electron chi connectivity index (χ1n) is 6.40. The van der Waals surface area contributed by atoms with E-state index in [0.29, 0.717) is 6.54 Å². The van der Waals surface area contributed by atoms with E-state index >= 15 is 0 Å². The van der Waals surface area contributed by atoms with Crippen LogP contribution in [0.3, 0.4) is 0 Å². The fraction of sp³-hybridized carbons (Fsp3) is 0.600. The molecule has 0 saturated carbocycles. The van der Waals surface area contributed by atoms with Crippen LogP contribution < -0.4 is 5.32 Å². The summed E-state index contributed by atoms with van der Waals surface area (Å²) >= 11 is 0. The van der Waals surface area contributed by atoms with Gasteiger partial charge < -0.3 is 5.32 Å². The van der Waals surface area contributed by atoms with E-state index in [0.717, 1.165) is 30.5 Å². The maximum atomic E-state index is 13.8. The Balaban J connectivity index is 2.54. The van der Waals surface area contributed by atoms with Crippen molar-refractivity contribution in [1.29, 1.82) is 0 Å². The molecule has 1 N–H and O–H groups in total. The first-order chi connectivity index (χ1) is 7.92. The predicted molar refractivity (Wildman–Crippen MR) is 71.6 cm³/mol. The molecule has 0 heterocycles. The average molecular weight is 237 g/mol. The van der Waals surface area contributed by atoms with Gasteiger partial charge in [0, 0.05) is 18.7 Å². The molecule has 0 aliphatic heterocycles. The molecular formula is C15H24FN. The van der Waals surface area contributed by atoms with Crippen LogP contribution in [-0.2, 0) is 13.0 Å². The largest absolute Gasteiger partial charge is 0.312 e. The molecule has 1 rings (SSSR count). The zero-order valence-electron chi connectivity index (χ0n) is 11.4. The number of halogens is 1. The van der Waals surface area contributed by atoms with Gasteiger partial charge in [-0.1, -0.05) is 46.2 Å². The zero-order valence-corrected chi connectivity index (χ0v) is 11.4. The molecule has 17 heavy (non-hydrogen) atoms. The summed E-state index contributed by atoms with van der Waals surface area (Å²) in [4.78, 5) is 0. The molecule has 2 heteroatoms. The Morgan fingerprint density at radius 3 is 2.47 bits per heavy atom. The summed E-state index contributed by atoms with van der Waals surface area (Å²) in [6.45, 7) is 10.1. The quantitative estimate of drug-likeness (QED) is 0.818. The van der Waals surface area contributed by atoms with Gasteiger partial charge in [0.25, 0.3) is 0 Å². The van der Waals surface area contributed by atoms with Gasteiger partial charge in [0.2, 0.25) is 0 Å². The second-order valence-electron chi connectivity index (χ2n) is 5.84. The molecule has 1 aromatic carbocycles. The summed E-state index contributed by atoms with van der Waals surface area (Å²) in [6.07, 6.45) is 2.01. The highest BCUT2D eigenvalue weighted by atomic mass is 19.1. The molecule has 96 valence electrons. The molecule has 1 nitrogen and oxygen atoms in total. The topological polar surface area (TPSA) is 12.0 Å². The number of aryl methyl sites for hydroxylation is 1. The summed E-state index contributed by atoms with van der Waals surface area (Å²) in [5, 5.41) is 3.29. The highest BCUT2D eigenvalue weighted by molar-refractivity contribution is 5.24. The van der Waals surface area contributed by atoms with Crippen LogP contribution in [0, 0.1) is 11.2 Å². The van der Waals surface area contributed by atoms with Crippen molar-refractivity contribution >= 4 is 0 Å². The van der Waals surface area contributed by atoms with Crippen molar-refractivity contribution in [2.24, 2.45) is 5.41 Å². The zero-order chi connectivity index (χ0) is 12.9. The Bertz CT molecular complexity index is 352. The Labute approximate surface area is 104 Å². The molecule has 0 unspecified atom stereocenters. The third-order valence-corrected chi connectivity index (χ3v) is 2.63. The average Bonchev–Trinajstić information content (AvgIpc) is 2.20. The van der Waals surface area contributed by atoms with Crippen LogP contribution in [0.5, 0.6) is 0 Å². The van der Waals surface area contributed by atoms with Gasteiger partial charge in [0.15, 0.2) is 0 Å². The van der Waals surface area contributed by atoms with Crippen molar-refractivity contribution < 1.29 is 4.39 Å². The second-order valence-corrected chi connectivity index (χ2v) is 5.84. The first-order valence-corrected chi connectivity index (χ1v) is 6.40. The molecular weight excluding hydrogens is 213 g/mol. The summed E-state index contributed by atoms with van der Waals surface area (Å²) in [6, 6.07) is 5.59. The molecule has 0 saturated heterocycles. The third kappa shape index (κ3) is 5.31. The molecule has 0 atom stereocenters. The number of hydrogen-bond acceptors (Lipinski definition) is 1. The smallest absolute Gasteiger partial charge is 0.127 e. The Morgan fingerprint density at radius 2 is 1.94 bits per heavy atom. The summed E-state index contributed by atoms with van der Waals surface area (Å²) in [7, 11) is 0. The van der Waals surface area contributed by atoms with Gasteiger partial charge >= 0.3 is 0 Å². The molecule has 0 aliphatic carbocycles. The van der Waals surface area contributed by atoms with E-state index in [9.17, 15) is 4.39 Å². The van der Waals surface area contributed by atoms with Crippen molar-refractivity contribution in [3.05, 3.63) is 35.1 Å². The Kier molecular flexibility index (Phi) is 5.13. The van der Waals surface area contributed by atoms with Gasteiger partial charge in [-0.15, -0.1) is 0 Å². The highest BCUT2D eigenvalue weighted by Gasteiger charge is 2.10. The number of rotatable bonds is 5. The summed E-state index contributed by atoms with van der Waals surface area (Å²) in [5.41, 5.74) is 2.08. The molecule has 0 aliphatic rings. The molecule has 1 aromatic rings. The van der Waals surface area contributed by atoms with Gasteiger partial charge in [-0.05, 0) is 23.5 Å². The van der Waals surface area contributed by atoms with E-state index in [1.807, 2.05) is 12.1 Å². The minimum atomic E-state index is -0.0858. The van der Waals surface area contributed by atoms with Gasteiger partial charge in [-0.2, -0.15) is 0 Å². The lowest BCUT2D eigenvalue weighted by atomic mass is 9.97. The van der Waals surface area contributed by atoms with Gasteiger partial charge in [-0.3, -0.25) is 0 Å². The Morgan fingerprint density at radius 1 is 1.24 bits per heavy atom. The molecule has 0 radical (unpaired) electrons. The standard InChI is InChI=1S/C15H24FN/c1-5-6-12-7-8-13(14(16)9-12)10-17-11-15(2,3)4/h7-9,17H,5-6,10-11H2,1-4H3. The van der Waals surface area contributed by atoms with E-state index in [1.165, 1.54) is 0 Å². The van der Waals surface area contributed by atoms with Crippen LogP contribution >= 0.6 is 0 Å². The third-order valence-electron chi connectivity index (χ3n) is 2.63. The van der Waals surface area contributed by atoms with Crippen LogP contribution in [0.1, 0.15) is 45.2 Å². The van der Waals surface area contributed by atoms with E-state index in [1.54, 1.807) is 6.07 Å². The highest BCUT2D eigenvalue weighted by Crippen LogP contribution is 2.14. The van der Waals surface area contributed by atoms with Gasteiger partial charge in [0.05, 0.1) is 0 Å². The van der Waals surface area contributed by atoms with Crippen molar-refractivity contribution in [3.8, 4) is 0 Å². The van der Waals surface area contributed by atoms with E-state index in [4.69, 9.17) is 0 Å². The number of benzene rings is 1. The molecule has 0 aromatic heterocycles. The van der Waals surface area contributed by atoms with E-state index in [-0.39, 0.29) is 11.2 Å². The lowest BCUT2D eigenvalue weighted by Gasteiger charge is -2.19. The van der Waals surface area contributed by atoms with Crippen LogP contribution in [0.15, 0.2) is 18.2 Å². The van der Waals surface area contributed by atoms with Gasteiger partial charge in [0.1, 0.15) is 5.82 Å². The van der Waals surface area contributed by atoms with Crippen LogP contribution in [0.25, 0.3) is 0 Å². The minimum Gasteiger partial charge on any atom is -0.312 e. The maximum Gasteiger partial charge on any atom is 0.127 e. The van der Waals surface area contributed by atoms with E-state index in [2.05, 4.69) is 33.0 Å². The predicted octanol–water partition coefficient (Wildman–Crippen LogP) is 3.91. The van der Waals surface area contributed by atoms with Crippen LogP contribution in [0.4, 0.5) is 4.39 Å². The summed E-state index contributed by atoms with van der Waals surface area (Å²) < 4.78 is 13.8. The fourth-order valence-corrected chi connectivity index (χ4v) is 1.75. The maximum absolute atomic E-state index is 13.8. The second kappa shape index (κ2) is 6.15. The van der Waals surface area contributed by atoms with Crippen molar-refractivity contribution in [1.82, 2.24) is 5.32 Å². The monoisotopic (exact) mass is 237 g/mol. The fourth-order valence-electron chi connectivity index (χ4n) is 1.75. The number of hydrogen-bond donors (Lipinski definition) is 1. The first kappa shape index (κ1) is 14.2. The van der Waals surface area contributed by atoms with Crippen LogP contribution in [0.2, 0.25) is 0 Å². The normalized spacial score (nSPS) is 11.8. The van der Waals surface area contributed by atoms with Gasteiger partial charge in [-0.25, -0.2) is 4.39 Å². The lowest BCUT2D eigenvalue weighted by molar-refractivity contribution is 0.377. The molecule has 0 spiro atoms. The SMILES string of the molecule is CCCc1ccc(CNCC(C)(C)C)c(F)c1. The molecule has 0 bridgehead atoms. The van der Waals surface area contributed by atoms with Crippen molar-refractivity contribution in [2.75, 3.05) is 6.54 Å². The minimum absolute atomic E-state index is 0.0858. The van der Waals surface area contributed by atoms with E-state index < -0.39 is 0 Å². The lowest BCUT2D eigenvalue weighted by Crippen LogP contribution is -2.26. The number of nitrogens with one attached hydrogen (secondary N) is 1. The molecule has 0 amide bonds. The molecule has 0 fully saturated rings. The Hall–Kier alpha value is -0.890. The van der Waals surface area contributed by atoms with Crippen molar-refractivity contribution in [2.45, 2.75) is 47.1 Å². The van der Waals surface area contributed by atoms with Crippen LogP contribution in [-0.4, -0.2) is 6.54 Å². The summed E-state index contributed by atoms with van der Waals surface area (Å²) in [5.74, 6) is -0.0858.